The number of amides is 3. The lowest BCUT2D eigenvalue weighted by Crippen LogP contribution is -2.40. The molecule has 0 fully saturated rings. The van der Waals surface area contributed by atoms with E-state index in [1.165, 1.54) is 6.26 Å². The lowest BCUT2D eigenvalue weighted by atomic mass is 10.2. The number of aromatic nitrogens is 2. The minimum atomic E-state index is -0.623. The summed E-state index contributed by atoms with van der Waals surface area (Å²) < 4.78 is 12.2. The largest absolute Gasteiger partial charge is 0.467 e. The summed E-state index contributed by atoms with van der Waals surface area (Å²) in [6.45, 7) is 5.00. The molecule has 3 amide bonds. The number of imide groups is 1. The van der Waals surface area contributed by atoms with Crippen LogP contribution in [0.5, 0.6) is 0 Å². The summed E-state index contributed by atoms with van der Waals surface area (Å²) in [7, 11) is 0. The van der Waals surface area contributed by atoms with Gasteiger partial charge in [0.15, 0.2) is 5.16 Å². The van der Waals surface area contributed by atoms with Crippen LogP contribution in [-0.4, -0.2) is 40.0 Å². The van der Waals surface area contributed by atoms with E-state index in [1.54, 1.807) is 41.0 Å². The molecule has 0 unspecified atom stereocenters. The molecule has 2 heterocycles. The van der Waals surface area contributed by atoms with Crippen LogP contribution in [0.4, 0.5) is 4.79 Å². The molecular weight excluding hydrogens is 432 g/mol. The normalized spacial score (nSPS) is 11.1. The summed E-state index contributed by atoms with van der Waals surface area (Å²) in [6.07, 6.45) is 2.24. The van der Waals surface area contributed by atoms with E-state index < -0.39 is 11.9 Å². The van der Waals surface area contributed by atoms with Crippen molar-refractivity contribution in [2.75, 3.05) is 12.4 Å². The highest BCUT2D eigenvalue weighted by atomic mass is 32.2. The van der Waals surface area contributed by atoms with Gasteiger partial charge in [-0.25, -0.2) is 9.78 Å². The molecule has 32 heavy (non-hydrogen) atoms. The molecule has 0 saturated carbocycles. The highest BCUT2D eigenvalue weighted by Gasteiger charge is 2.14. The van der Waals surface area contributed by atoms with Gasteiger partial charge >= 0.3 is 6.03 Å². The molecule has 0 aliphatic rings. The first-order valence-corrected chi connectivity index (χ1v) is 11.3. The summed E-state index contributed by atoms with van der Waals surface area (Å²) in [5.41, 5.74) is 0.394. The van der Waals surface area contributed by atoms with Gasteiger partial charge in [0.25, 0.3) is 5.56 Å². The van der Waals surface area contributed by atoms with Crippen molar-refractivity contribution in [3.05, 3.63) is 58.8 Å². The zero-order chi connectivity index (χ0) is 22.9. The van der Waals surface area contributed by atoms with E-state index in [-0.39, 0.29) is 24.0 Å². The lowest BCUT2D eigenvalue weighted by molar-refractivity contribution is -0.117. The SMILES string of the molecule is CC(C)OCCCn1c(SCC(=O)NC(=O)NCc2ccco2)nc2ccccc2c1=O. The van der Waals surface area contributed by atoms with E-state index in [9.17, 15) is 14.4 Å². The summed E-state index contributed by atoms with van der Waals surface area (Å²) in [6, 6.07) is 9.89. The van der Waals surface area contributed by atoms with Crippen molar-refractivity contribution in [1.82, 2.24) is 20.2 Å². The van der Waals surface area contributed by atoms with Crippen LogP contribution in [0.3, 0.4) is 0 Å². The Morgan fingerprint density at radius 1 is 1.22 bits per heavy atom. The third-order valence-corrected chi connectivity index (χ3v) is 5.37. The van der Waals surface area contributed by atoms with E-state index in [0.29, 0.717) is 41.4 Å². The molecule has 2 aromatic heterocycles. The van der Waals surface area contributed by atoms with Crippen LogP contribution in [0.1, 0.15) is 26.0 Å². The van der Waals surface area contributed by atoms with Crippen molar-refractivity contribution in [2.24, 2.45) is 0 Å². The maximum atomic E-state index is 13.0. The third kappa shape index (κ3) is 6.69. The molecule has 0 bridgehead atoms. The van der Waals surface area contributed by atoms with Crippen molar-refractivity contribution in [3.8, 4) is 0 Å². The highest BCUT2D eigenvalue weighted by Crippen LogP contribution is 2.18. The zero-order valence-corrected chi connectivity index (χ0v) is 18.8. The molecule has 1 aromatic carbocycles. The average Bonchev–Trinajstić information content (AvgIpc) is 3.29. The molecule has 3 rings (SSSR count). The first-order chi connectivity index (χ1) is 15.4. The zero-order valence-electron chi connectivity index (χ0n) is 18.0. The summed E-state index contributed by atoms with van der Waals surface area (Å²) >= 11 is 1.11. The molecule has 0 saturated heterocycles. The molecule has 170 valence electrons. The van der Waals surface area contributed by atoms with Crippen LogP contribution >= 0.6 is 11.8 Å². The molecule has 0 aliphatic carbocycles. The number of fused-ring (bicyclic) bond motifs is 1. The minimum absolute atomic E-state index is 0.0680. The molecule has 0 aliphatic heterocycles. The number of benzene rings is 1. The van der Waals surface area contributed by atoms with E-state index in [4.69, 9.17) is 9.15 Å². The second kappa shape index (κ2) is 11.5. The number of rotatable bonds is 10. The number of thioether (sulfide) groups is 1. The minimum Gasteiger partial charge on any atom is -0.467 e. The van der Waals surface area contributed by atoms with Crippen molar-refractivity contribution < 1.29 is 18.7 Å². The molecule has 0 radical (unpaired) electrons. The second-order valence-electron chi connectivity index (χ2n) is 7.24. The number of hydrogen-bond acceptors (Lipinski definition) is 7. The number of carbonyl (C=O) groups excluding carboxylic acids is 2. The molecule has 10 heteroatoms. The molecular formula is C22H26N4O5S. The maximum absolute atomic E-state index is 13.0. The van der Waals surface area contributed by atoms with E-state index >= 15 is 0 Å². The Labute approximate surface area is 189 Å². The Morgan fingerprint density at radius 2 is 2.03 bits per heavy atom. The van der Waals surface area contributed by atoms with Crippen LogP contribution in [0.15, 0.2) is 57.0 Å². The van der Waals surface area contributed by atoms with Crippen LogP contribution in [0.25, 0.3) is 10.9 Å². The van der Waals surface area contributed by atoms with Crippen LogP contribution in [0, 0.1) is 0 Å². The number of nitrogens with one attached hydrogen (secondary N) is 2. The Kier molecular flexibility index (Phi) is 8.46. The van der Waals surface area contributed by atoms with Crippen molar-refractivity contribution >= 4 is 34.6 Å². The Hall–Kier alpha value is -3.11. The van der Waals surface area contributed by atoms with Gasteiger partial charge in [0.2, 0.25) is 5.91 Å². The van der Waals surface area contributed by atoms with Gasteiger partial charge in [-0.3, -0.25) is 19.5 Å². The van der Waals surface area contributed by atoms with E-state index in [2.05, 4.69) is 15.6 Å². The van der Waals surface area contributed by atoms with Gasteiger partial charge in [-0.05, 0) is 44.5 Å². The molecule has 0 spiro atoms. The number of para-hydroxylation sites is 1. The van der Waals surface area contributed by atoms with Gasteiger partial charge in [-0.2, -0.15) is 0 Å². The van der Waals surface area contributed by atoms with Crippen LogP contribution in [0.2, 0.25) is 0 Å². The molecule has 0 atom stereocenters. The van der Waals surface area contributed by atoms with Gasteiger partial charge in [0.1, 0.15) is 5.76 Å². The Morgan fingerprint density at radius 3 is 2.78 bits per heavy atom. The summed E-state index contributed by atoms with van der Waals surface area (Å²) in [5.74, 6) is 0.0124. The van der Waals surface area contributed by atoms with Gasteiger partial charge in [-0.15, -0.1) is 0 Å². The quantitative estimate of drug-likeness (QED) is 0.273. The Bertz CT molecular complexity index is 1110. The fourth-order valence-corrected chi connectivity index (χ4v) is 3.74. The van der Waals surface area contributed by atoms with Crippen LogP contribution < -0.4 is 16.2 Å². The smallest absolute Gasteiger partial charge is 0.321 e. The van der Waals surface area contributed by atoms with Crippen molar-refractivity contribution in [3.63, 3.8) is 0 Å². The van der Waals surface area contributed by atoms with Crippen molar-refractivity contribution in [2.45, 2.75) is 44.6 Å². The number of ether oxygens (including phenoxy) is 1. The first kappa shape index (κ1) is 23.6. The maximum Gasteiger partial charge on any atom is 0.321 e. The fraction of sp³-hybridized carbons (Fsp3) is 0.364. The van der Waals surface area contributed by atoms with E-state index in [0.717, 1.165) is 11.8 Å². The van der Waals surface area contributed by atoms with Gasteiger partial charge < -0.3 is 14.5 Å². The number of nitrogens with zero attached hydrogens (tertiary/aromatic N) is 2. The predicted molar refractivity (Wildman–Crippen MR) is 122 cm³/mol. The number of hydrogen-bond donors (Lipinski definition) is 2. The standard InChI is InChI=1S/C22H26N4O5S/c1-15(2)30-12-6-10-26-20(28)17-8-3-4-9-18(17)24-22(26)32-14-19(27)25-21(29)23-13-16-7-5-11-31-16/h3-5,7-9,11,15H,6,10,12-14H2,1-2H3,(H2,23,25,27,29). The monoisotopic (exact) mass is 458 g/mol. The summed E-state index contributed by atoms with van der Waals surface area (Å²) in [4.78, 5) is 41.7. The van der Waals surface area contributed by atoms with Gasteiger partial charge in [0, 0.05) is 13.2 Å². The molecule has 3 aromatic rings. The third-order valence-electron chi connectivity index (χ3n) is 4.39. The average molecular weight is 459 g/mol. The number of furan rings is 1. The predicted octanol–water partition coefficient (Wildman–Crippen LogP) is 2.92. The van der Waals surface area contributed by atoms with E-state index in [1.807, 2.05) is 13.8 Å². The van der Waals surface area contributed by atoms with Crippen LogP contribution in [-0.2, 0) is 22.6 Å². The number of carbonyl (C=O) groups is 2. The molecule has 2 N–H and O–H groups in total. The molecule has 9 nitrogen and oxygen atoms in total. The first-order valence-electron chi connectivity index (χ1n) is 10.3. The fourth-order valence-electron chi connectivity index (χ4n) is 2.91. The van der Waals surface area contributed by atoms with Gasteiger partial charge in [-0.1, -0.05) is 23.9 Å². The lowest BCUT2D eigenvalue weighted by Gasteiger charge is -2.14. The summed E-state index contributed by atoms with van der Waals surface area (Å²) in [5, 5.41) is 5.74. The topological polar surface area (TPSA) is 115 Å². The highest BCUT2D eigenvalue weighted by molar-refractivity contribution is 7.99. The van der Waals surface area contributed by atoms with Crippen molar-refractivity contribution in [1.29, 1.82) is 0 Å². The van der Waals surface area contributed by atoms with Gasteiger partial charge in [0.05, 0.1) is 35.6 Å². The second-order valence-corrected chi connectivity index (χ2v) is 8.18. The Balaban J connectivity index is 1.63. The number of urea groups is 1.